The third-order valence-corrected chi connectivity index (χ3v) is 5.22. The van der Waals surface area contributed by atoms with Gasteiger partial charge in [-0.15, -0.1) is 0 Å². The highest BCUT2D eigenvalue weighted by Gasteiger charge is 2.38. The second kappa shape index (κ2) is 10.5. The average Bonchev–Trinajstić information content (AvgIpc) is 2.81. The van der Waals surface area contributed by atoms with E-state index in [4.69, 9.17) is 0 Å². The number of carbonyl (C=O) groups excluding carboxylic acids is 2. The molecule has 0 aliphatic rings. The van der Waals surface area contributed by atoms with Crippen LogP contribution < -0.4 is 10.6 Å². The SMILES string of the molecule is O=C(Nc1cc(C(F)(F)F)cc(C(F)(F)F)c1)c1cccc(C(=O)Nc2cc(C(F)(F)F)cc(C(F)(F)F)c2)c1O. The van der Waals surface area contributed by atoms with E-state index in [9.17, 15) is 67.4 Å². The number of anilines is 2. The van der Waals surface area contributed by atoms with Crippen LogP contribution in [0, 0.1) is 0 Å². The second-order valence-electron chi connectivity index (χ2n) is 8.20. The van der Waals surface area contributed by atoms with Crippen molar-refractivity contribution in [2.45, 2.75) is 24.7 Å². The Hall–Kier alpha value is -4.44. The van der Waals surface area contributed by atoms with Crippen molar-refractivity contribution >= 4 is 23.2 Å². The number of hydrogen-bond acceptors (Lipinski definition) is 3. The van der Waals surface area contributed by atoms with Gasteiger partial charge < -0.3 is 15.7 Å². The molecule has 0 atom stereocenters. The smallest absolute Gasteiger partial charge is 0.416 e. The fourth-order valence-corrected chi connectivity index (χ4v) is 3.36. The molecule has 3 rings (SSSR count). The molecule has 0 unspecified atom stereocenters. The molecule has 5 nitrogen and oxygen atoms in total. The summed E-state index contributed by atoms with van der Waals surface area (Å²) in [6, 6.07) is 2.67. The minimum atomic E-state index is -5.25. The Balaban J connectivity index is 1.95. The highest BCUT2D eigenvalue weighted by atomic mass is 19.4. The molecule has 0 aromatic heterocycles. The minimum Gasteiger partial charge on any atom is -0.506 e. The Morgan fingerprint density at radius 1 is 0.512 bits per heavy atom. The molecule has 0 heterocycles. The van der Waals surface area contributed by atoms with Gasteiger partial charge in [-0.25, -0.2) is 0 Å². The van der Waals surface area contributed by atoms with Crippen LogP contribution in [-0.4, -0.2) is 16.9 Å². The van der Waals surface area contributed by atoms with Gasteiger partial charge in [-0.3, -0.25) is 9.59 Å². The maximum Gasteiger partial charge on any atom is 0.416 e. The molecule has 0 spiro atoms. The molecule has 220 valence electrons. The number of halogens is 12. The molecule has 0 fully saturated rings. The Labute approximate surface area is 220 Å². The average molecular weight is 604 g/mol. The van der Waals surface area contributed by atoms with Crippen molar-refractivity contribution in [3.8, 4) is 5.75 Å². The minimum absolute atomic E-state index is 0.159. The summed E-state index contributed by atoms with van der Waals surface area (Å²) in [4.78, 5) is 25.2. The van der Waals surface area contributed by atoms with E-state index < -0.39 is 87.0 Å². The van der Waals surface area contributed by atoms with Crippen LogP contribution >= 0.6 is 0 Å². The third kappa shape index (κ3) is 7.40. The number of alkyl halides is 12. The van der Waals surface area contributed by atoms with Gasteiger partial charge in [0.25, 0.3) is 11.8 Å². The number of hydrogen-bond donors (Lipinski definition) is 3. The Morgan fingerprint density at radius 3 is 1.02 bits per heavy atom. The molecule has 0 aliphatic carbocycles. The van der Waals surface area contributed by atoms with Crippen LogP contribution in [0.4, 0.5) is 64.1 Å². The fraction of sp³-hybridized carbons (Fsp3) is 0.167. The number of benzene rings is 3. The standard InChI is InChI=1S/C24H12F12N2O3/c25-21(26,27)10-4-11(22(28,29)30)7-14(6-10)37-19(40)16-2-1-3-17(18(16)39)20(41)38-15-8-12(23(31,32)33)5-13(9-15)24(34,35)36/h1-9,39H,(H,37,40)(H,38,41). The van der Waals surface area contributed by atoms with Crippen LogP contribution in [0.2, 0.25) is 0 Å². The number of carbonyl (C=O) groups is 2. The van der Waals surface area contributed by atoms with Crippen molar-refractivity contribution in [1.29, 1.82) is 0 Å². The number of amides is 2. The van der Waals surface area contributed by atoms with E-state index in [-0.39, 0.29) is 36.4 Å². The number of phenolic OH excluding ortho intramolecular Hbond substituents is 1. The molecule has 3 aromatic rings. The molecule has 0 bridgehead atoms. The molecule has 0 saturated carbocycles. The van der Waals surface area contributed by atoms with Gasteiger partial charge >= 0.3 is 24.7 Å². The van der Waals surface area contributed by atoms with Crippen molar-refractivity contribution in [2.75, 3.05) is 10.6 Å². The van der Waals surface area contributed by atoms with Crippen LogP contribution in [0.5, 0.6) is 5.75 Å². The summed E-state index contributed by atoms with van der Waals surface area (Å²) in [5.74, 6) is -4.26. The Kier molecular flexibility index (Phi) is 7.97. The summed E-state index contributed by atoms with van der Waals surface area (Å²) < 4.78 is 157. The number of aromatic hydroxyl groups is 1. The topological polar surface area (TPSA) is 78.4 Å². The van der Waals surface area contributed by atoms with Gasteiger partial charge in [0.1, 0.15) is 5.75 Å². The molecule has 0 saturated heterocycles. The first-order valence-electron chi connectivity index (χ1n) is 10.6. The van der Waals surface area contributed by atoms with Gasteiger partial charge in [-0.1, -0.05) is 6.07 Å². The van der Waals surface area contributed by atoms with Gasteiger partial charge in [-0.2, -0.15) is 52.7 Å². The van der Waals surface area contributed by atoms with E-state index >= 15 is 0 Å². The highest BCUT2D eigenvalue weighted by Crippen LogP contribution is 2.39. The second-order valence-corrected chi connectivity index (χ2v) is 8.20. The molecular formula is C24H12F12N2O3. The maximum absolute atomic E-state index is 13.1. The maximum atomic E-state index is 13.1. The van der Waals surface area contributed by atoms with Gasteiger partial charge in [-0.05, 0) is 48.5 Å². The predicted octanol–water partition coefficient (Wildman–Crippen LogP) is 7.97. The zero-order valence-electron chi connectivity index (χ0n) is 19.5. The molecule has 0 aliphatic heterocycles. The largest absolute Gasteiger partial charge is 0.506 e. The molecule has 3 aromatic carbocycles. The lowest BCUT2D eigenvalue weighted by molar-refractivity contribution is -0.144. The number of phenols is 1. The van der Waals surface area contributed by atoms with Crippen LogP contribution in [0.1, 0.15) is 43.0 Å². The number of para-hydroxylation sites is 1. The first-order valence-corrected chi connectivity index (χ1v) is 10.6. The van der Waals surface area contributed by atoms with E-state index in [2.05, 4.69) is 0 Å². The lowest BCUT2D eigenvalue weighted by Crippen LogP contribution is -2.18. The van der Waals surface area contributed by atoms with Crippen molar-refractivity contribution in [3.05, 3.63) is 88.0 Å². The number of rotatable bonds is 4. The Morgan fingerprint density at radius 2 is 0.780 bits per heavy atom. The van der Waals surface area contributed by atoms with Crippen LogP contribution in [0.15, 0.2) is 54.6 Å². The highest BCUT2D eigenvalue weighted by molar-refractivity contribution is 6.12. The van der Waals surface area contributed by atoms with Crippen LogP contribution in [0.3, 0.4) is 0 Å². The normalized spacial score (nSPS) is 12.7. The lowest BCUT2D eigenvalue weighted by atomic mass is 10.1. The Bertz CT molecular complexity index is 1320. The first-order chi connectivity index (χ1) is 18.6. The quantitative estimate of drug-likeness (QED) is 0.265. The van der Waals surface area contributed by atoms with Gasteiger partial charge in [0, 0.05) is 11.4 Å². The van der Waals surface area contributed by atoms with Crippen LogP contribution in [-0.2, 0) is 24.7 Å². The van der Waals surface area contributed by atoms with Gasteiger partial charge in [0.15, 0.2) is 0 Å². The van der Waals surface area contributed by atoms with E-state index in [0.29, 0.717) is 0 Å². The van der Waals surface area contributed by atoms with Crippen molar-refractivity contribution in [3.63, 3.8) is 0 Å². The zero-order valence-corrected chi connectivity index (χ0v) is 19.5. The van der Waals surface area contributed by atoms with Crippen molar-refractivity contribution in [1.82, 2.24) is 0 Å². The van der Waals surface area contributed by atoms with Gasteiger partial charge in [0.05, 0.1) is 33.4 Å². The summed E-state index contributed by atoms with van der Waals surface area (Å²) in [5, 5.41) is 13.8. The lowest BCUT2D eigenvalue weighted by Gasteiger charge is -2.16. The summed E-state index contributed by atoms with van der Waals surface area (Å²) in [5.41, 5.74) is -10.9. The molecular weight excluding hydrogens is 592 g/mol. The van der Waals surface area contributed by atoms with E-state index in [1.807, 2.05) is 0 Å². The van der Waals surface area contributed by atoms with Crippen molar-refractivity contribution < 1.29 is 67.4 Å². The van der Waals surface area contributed by atoms with E-state index in [0.717, 1.165) is 18.2 Å². The molecule has 41 heavy (non-hydrogen) atoms. The molecule has 3 N–H and O–H groups in total. The summed E-state index contributed by atoms with van der Waals surface area (Å²) >= 11 is 0. The monoisotopic (exact) mass is 604 g/mol. The molecule has 17 heteroatoms. The van der Waals surface area contributed by atoms with Gasteiger partial charge in [0.2, 0.25) is 0 Å². The zero-order chi connectivity index (χ0) is 31.1. The first kappa shape index (κ1) is 31.1. The van der Waals surface area contributed by atoms with Crippen LogP contribution in [0.25, 0.3) is 0 Å². The summed E-state index contributed by atoms with van der Waals surface area (Å²) in [6.07, 6.45) is -21.0. The summed E-state index contributed by atoms with van der Waals surface area (Å²) in [6.45, 7) is 0. The predicted molar refractivity (Wildman–Crippen MR) is 117 cm³/mol. The van der Waals surface area contributed by atoms with E-state index in [1.165, 1.54) is 0 Å². The summed E-state index contributed by atoms with van der Waals surface area (Å²) in [7, 11) is 0. The van der Waals surface area contributed by atoms with Crippen molar-refractivity contribution in [2.24, 2.45) is 0 Å². The molecule has 0 radical (unpaired) electrons. The fourth-order valence-electron chi connectivity index (χ4n) is 3.36. The molecule has 2 amide bonds. The third-order valence-electron chi connectivity index (χ3n) is 5.22. The van der Waals surface area contributed by atoms with E-state index in [1.54, 1.807) is 10.6 Å². The number of nitrogens with one attached hydrogen (secondary N) is 2.